The first kappa shape index (κ1) is 22.0. The van der Waals surface area contributed by atoms with Crippen molar-refractivity contribution in [2.45, 2.75) is 42.1 Å². The van der Waals surface area contributed by atoms with Gasteiger partial charge in [-0.15, -0.1) is 11.6 Å². The fraction of sp³-hybridized carbons (Fsp3) is 0.333. The molecule has 0 radical (unpaired) electrons. The average Bonchev–Trinajstić information content (AvgIpc) is 3.31. The van der Waals surface area contributed by atoms with Crippen LogP contribution < -0.4 is 11.2 Å². The maximum absolute atomic E-state index is 14.6. The molecule has 2 heterocycles. The minimum atomic E-state index is -1.48. The lowest BCUT2D eigenvalue weighted by molar-refractivity contribution is -0.0923. The first-order valence-corrected chi connectivity index (χ1v) is 11.0. The first-order valence-electron chi connectivity index (χ1n) is 10.5. The zero-order valence-electron chi connectivity index (χ0n) is 17.5. The minimum Gasteiger partial charge on any atom is -0.367 e. The number of aromatic nitrogens is 2. The second kappa shape index (κ2) is 8.53. The Kier molecular flexibility index (Phi) is 5.70. The average molecular weight is 473 g/mol. The third-order valence-electron chi connectivity index (χ3n) is 6.29. The fourth-order valence-corrected chi connectivity index (χ4v) is 5.12. The Balaban J connectivity index is 1.46. The molecular formula is C24H22ClFN2O5. The molecule has 1 saturated carbocycles. The largest absolute Gasteiger partial charge is 0.367 e. The van der Waals surface area contributed by atoms with Gasteiger partial charge >= 0.3 is 5.69 Å². The van der Waals surface area contributed by atoms with Gasteiger partial charge in [0.15, 0.2) is 17.4 Å². The molecule has 1 N–H and O–H groups in total. The van der Waals surface area contributed by atoms with Gasteiger partial charge in [0.25, 0.3) is 5.56 Å². The number of halogens is 2. The van der Waals surface area contributed by atoms with Crippen LogP contribution in [0.15, 0.2) is 82.5 Å². The van der Waals surface area contributed by atoms with Crippen LogP contribution >= 0.6 is 11.6 Å². The van der Waals surface area contributed by atoms with Gasteiger partial charge in [0.05, 0.1) is 13.2 Å². The van der Waals surface area contributed by atoms with Gasteiger partial charge in [-0.05, 0) is 11.1 Å². The van der Waals surface area contributed by atoms with Crippen LogP contribution in [0.3, 0.4) is 0 Å². The molecule has 0 spiro atoms. The van der Waals surface area contributed by atoms with Crippen LogP contribution in [0.5, 0.6) is 0 Å². The Morgan fingerprint density at radius 1 is 1.00 bits per heavy atom. The summed E-state index contributed by atoms with van der Waals surface area (Å²) >= 11 is 6.84. The molecule has 2 aliphatic rings. The quantitative estimate of drug-likeness (QED) is 0.510. The van der Waals surface area contributed by atoms with Crippen molar-refractivity contribution in [3.8, 4) is 0 Å². The van der Waals surface area contributed by atoms with Crippen molar-refractivity contribution in [2.24, 2.45) is 0 Å². The van der Waals surface area contributed by atoms with Crippen LogP contribution in [0.2, 0.25) is 0 Å². The minimum absolute atomic E-state index is 0.160. The van der Waals surface area contributed by atoms with Crippen LogP contribution in [0, 0.1) is 0 Å². The van der Waals surface area contributed by atoms with Gasteiger partial charge in [-0.3, -0.25) is 14.3 Å². The molecule has 3 aromatic rings. The van der Waals surface area contributed by atoms with Crippen LogP contribution in [-0.4, -0.2) is 38.9 Å². The van der Waals surface area contributed by atoms with Crippen molar-refractivity contribution in [2.75, 3.05) is 6.67 Å². The molecule has 1 aromatic heterocycles. The van der Waals surface area contributed by atoms with E-state index in [0.717, 1.165) is 15.7 Å². The molecule has 5 atom stereocenters. The SMILES string of the molecule is O=c1ccn(C2O[C@]3(CF)C(OCc4ccccc4)[C@]3(OCc3ccccc3)[C@H]2Cl)c(=O)[nH]1. The summed E-state index contributed by atoms with van der Waals surface area (Å²) in [7, 11) is 0. The van der Waals surface area contributed by atoms with E-state index in [1.807, 2.05) is 60.7 Å². The van der Waals surface area contributed by atoms with Crippen molar-refractivity contribution in [1.29, 1.82) is 0 Å². The molecule has 33 heavy (non-hydrogen) atoms. The molecule has 2 unspecified atom stereocenters. The number of alkyl halides is 2. The van der Waals surface area contributed by atoms with E-state index in [9.17, 15) is 14.0 Å². The zero-order valence-corrected chi connectivity index (χ0v) is 18.3. The molecule has 2 fully saturated rings. The first-order chi connectivity index (χ1) is 16.0. The molecule has 1 aliphatic heterocycles. The predicted octanol–water partition coefficient (Wildman–Crippen LogP) is 2.94. The monoisotopic (exact) mass is 472 g/mol. The predicted molar refractivity (Wildman–Crippen MR) is 119 cm³/mol. The topological polar surface area (TPSA) is 82.5 Å². The number of rotatable bonds is 8. The third kappa shape index (κ3) is 3.54. The number of ether oxygens (including phenoxy) is 3. The van der Waals surface area contributed by atoms with E-state index < -0.39 is 46.8 Å². The highest BCUT2D eigenvalue weighted by Gasteiger charge is 2.89. The summed E-state index contributed by atoms with van der Waals surface area (Å²) < 4.78 is 34.2. The number of hydrogen-bond donors (Lipinski definition) is 1. The van der Waals surface area contributed by atoms with Crippen molar-refractivity contribution in [3.63, 3.8) is 0 Å². The van der Waals surface area contributed by atoms with Gasteiger partial charge in [-0.2, -0.15) is 0 Å². The summed E-state index contributed by atoms with van der Waals surface area (Å²) in [5, 5.41) is -0.957. The Hall–Kier alpha value is -2.78. The summed E-state index contributed by atoms with van der Waals surface area (Å²) in [4.78, 5) is 26.0. The van der Waals surface area contributed by atoms with E-state index in [4.69, 9.17) is 25.8 Å². The zero-order chi connectivity index (χ0) is 23.1. The van der Waals surface area contributed by atoms with Gasteiger partial charge in [0.1, 0.15) is 18.2 Å². The molecule has 1 aliphatic carbocycles. The number of nitrogens with zero attached hydrogens (tertiary/aromatic N) is 1. The molecule has 7 nitrogen and oxygen atoms in total. The van der Waals surface area contributed by atoms with E-state index in [1.165, 1.54) is 12.3 Å². The molecule has 9 heteroatoms. The maximum Gasteiger partial charge on any atom is 0.330 e. The van der Waals surface area contributed by atoms with Crippen molar-refractivity contribution in [1.82, 2.24) is 9.55 Å². The van der Waals surface area contributed by atoms with E-state index >= 15 is 0 Å². The summed E-state index contributed by atoms with van der Waals surface area (Å²) in [6, 6.07) is 20.1. The second-order valence-corrected chi connectivity index (χ2v) is 8.66. The van der Waals surface area contributed by atoms with Gasteiger partial charge in [0, 0.05) is 12.3 Å². The lowest BCUT2D eigenvalue weighted by Gasteiger charge is -2.26. The van der Waals surface area contributed by atoms with Crippen molar-refractivity contribution >= 4 is 11.6 Å². The normalized spacial score (nSPS) is 30.2. The Bertz CT molecular complexity index is 1240. The van der Waals surface area contributed by atoms with Crippen LogP contribution in [0.25, 0.3) is 0 Å². The molecule has 2 aromatic carbocycles. The maximum atomic E-state index is 14.6. The molecule has 5 rings (SSSR count). The standard InChI is InChI=1S/C24H22ClFN2O5/c25-19-20(28-12-11-18(29)27-22(28)30)33-23(15-26)21(31-13-16-7-3-1-4-8-16)24(19,23)32-14-17-9-5-2-6-10-17/h1-12,19-21H,13-15H2,(H,27,29,30)/t19-,20?,21?,23+,24+/m0/s1. The summed E-state index contributed by atoms with van der Waals surface area (Å²) in [5.74, 6) is 0. The number of H-pyrrole nitrogens is 1. The third-order valence-corrected chi connectivity index (χ3v) is 6.83. The highest BCUT2D eigenvalue weighted by atomic mass is 35.5. The van der Waals surface area contributed by atoms with Crippen molar-refractivity contribution < 1.29 is 18.6 Å². The van der Waals surface area contributed by atoms with Gasteiger partial charge in [0.2, 0.25) is 0 Å². The summed E-state index contributed by atoms with van der Waals surface area (Å²) in [6.07, 6.45) is -0.543. The molecule has 172 valence electrons. The molecule has 1 saturated heterocycles. The van der Waals surface area contributed by atoms with E-state index in [-0.39, 0.29) is 13.2 Å². The van der Waals surface area contributed by atoms with E-state index in [1.54, 1.807) is 0 Å². The lowest BCUT2D eigenvalue weighted by atomic mass is 10.1. The highest BCUT2D eigenvalue weighted by molar-refractivity contribution is 6.22. The number of benzene rings is 2. The van der Waals surface area contributed by atoms with Gasteiger partial charge < -0.3 is 14.2 Å². The molecule has 0 bridgehead atoms. The van der Waals surface area contributed by atoms with Crippen LogP contribution in [0.1, 0.15) is 17.4 Å². The Morgan fingerprint density at radius 3 is 2.24 bits per heavy atom. The van der Waals surface area contributed by atoms with Crippen LogP contribution in [-0.2, 0) is 27.4 Å². The number of hydrogen-bond acceptors (Lipinski definition) is 5. The van der Waals surface area contributed by atoms with E-state index in [0.29, 0.717) is 0 Å². The number of aromatic amines is 1. The number of nitrogens with one attached hydrogen (secondary N) is 1. The lowest BCUT2D eigenvalue weighted by Crippen LogP contribution is -2.40. The Labute approximate surface area is 193 Å². The second-order valence-electron chi connectivity index (χ2n) is 8.19. The summed E-state index contributed by atoms with van der Waals surface area (Å²) in [6.45, 7) is -0.535. The summed E-state index contributed by atoms with van der Waals surface area (Å²) in [5.41, 5.74) is -2.27. The van der Waals surface area contributed by atoms with Gasteiger partial charge in [-0.1, -0.05) is 60.7 Å². The molecule has 0 amide bonds. The van der Waals surface area contributed by atoms with Crippen molar-refractivity contribution in [3.05, 3.63) is 105 Å². The Morgan fingerprint density at radius 2 is 1.64 bits per heavy atom. The smallest absolute Gasteiger partial charge is 0.330 e. The fourth-order valence-electron chi connectivity index (χ4n) is 4.59. The van der Waals surface area contributed by atoms with Crippen LogP contribution in [0.4, 0.5) is 4.39 Å². The van der Waals surface area contributed by atoms with E-state index in [2.05, 4.69) is 4.98 Å². The molecular weight excluding hydrogens is 451 g/mol. The van der Waals surface area contributed by atoms with Gasteiger partial charge in [-0.25, -0.2) is 9.18 Å². The number of fused-ring (bicyclic) bond motifs is 1. The highest BCUT2D eigenvalue weighted by Crippen LogP contribution is 2.68.